The summed E-state index contributed by atoms with van der Waals surface area (Å²) in [5.41, 5.74) is -1.47. The van der Waals surface area contributed by atoms with Crippen LogP contribution in [0.25, 0.3) is 0 Å². The lowest BCUT2D eigenvalue weighted by Crippen LogP contribution is -2.39. The van der Waals surface area contributed by atoms with Crippen LogP contribution in [0, 0.1) is 5.41 Å². The summed E-state index contributed by atoms with van der Waals surface area (Å²) in [5, 5.41) is 0. The van der Waals surface area contributed by atoms with E-state index in [2.05, 4.69) is 9.05 Å². The van der Waals surface area contributed by atoms with Gasteiger partial charge in [0.25, 0.3) is 0 Å². The number of rotatable bonds is 2. The molecule has 0 aromatic heterocycles. The maximum Gasteiger partial charge on any atom is 0.513 e. The monoisotopic (exact) mass is 204 g/mol. The van der Waals surface area contributed by atoms with Crippen LogP contribution in [-0.4, -0.2) is 26.6 Å². The molecule has 0 bridgehead atoms. The van der Waals surface area contributed by atoms with E-state index in [0.717, 1.165) is 0 Å². The van der Waals surface area contributed by atoms with Crippen molar-refractivity contribution in [2.24, 2.45) is 5.41 Å². The van der Waals surface area contributed by atoms with Crippen LogP contribution in [0.4, 0.5) is 13.0 Å². The lowest BCUT2D eigenvalue weighted by atomic mass is 9.94. The molecule has 0 amide bonds. The van der Waals surface area contributed by atoms with Crippen molar-refractivity contribution in [3.05, 3.63) is 0 Å². The van der Waals surface area contributed by atoms with Crippen LogP contribution in [0.3, 0.4) is 0 Å². The minimum Gasteiger partial charge on any atom is -0.283 e. The molecule has 1 aliphatic rings. The van der Waals surface area contributed by atoms with Crippen molar-refractivity contribution in [1.29, 1.82) is 0 Å². The van der Waals surface area contributed by atoms with Crippen LogP contribution < -0.4 is 0 Å². The van der Waals surface area contributed by atoms with Crippen molar-refractivity contribution in [3.63, 3.8) is 0 Å². The van der Waals surface area contributed by atoms with Gasteiger partial charge in [-0.05, 0) is 0 Å². The highest BCUT2D eigenvalue weighted by Gasteiger charge is 2.43. The Morgan fingerprint density at radius 1 is 1.25 bits per heavy atom. The summed E-state index contributed by atoms with van der Waals surface area (Å²) in [5.74, 6) is 0. The molecule has 1 rings (SSSR count). The topological polar surface area (TPSA) is 35.5 Å². The van der Waals surface area contributed by atoms with Gasteiger partial charge in [0.2, 0.25) is 0 Å². The zero-order valence-electron chi connectivity index (χ0n) is 6.13. The fourth-order valence-electron chi connectivity index (χ4n) is 0.697. The normalized spacial score (nSPS) is 26.9. The van der Waals surface area contributed by atoms with Gasteiger partial charge in [-0.2, -0.15) is 0 Å². The van der Waals surface area contributed by atoms with Gasteiger partial charge < -0.3 is 0 Å². The molecule has 1 aliphatic heterocycles. The van der Waals surface area contributed by atoms with Crippen molar-refractivity contribution >= 4 is 7.91 Å². The van der Waals surface area contributed by atoms with E-state index in [1.807, 2.05) is 0 Å². The molecule has 3 nitrogen and oxygen atoms in total. The Hall–Kier alpha value is -0.0600. The van der Waals surface area contributed by atoms with Gasteiger partial charge in [0.15, 0.2) is 0 Å². The second kappa shape index (κ2) is 3.36. The molecular weight excluding hydrogens is 196 g/mol. The summed E-state index contributed by atoms with van der Waals surface area (Å²) >= 11 is 0. The molecule has 0 aromatic rings. The molecule has 0 unspecified atom stereocenters. The first-order chi connectivity index (χ1) is 5.54. The molecule has 0 radical (unpaired) electrons. The largest absolute Gasteiger partial charge is 0.513 e. The minimum absolute atomic E-state index is 0.548. The third-order valence-corrected chi connectivity index (χ3v) is 2.49. The van der Waals surface area contributed by atoms with E-state index >= 15 is 0 Å². The van der Waals surface area contributed by atoms with Crippen molar-refractivity contribution in [1.82, 2.24) is 0 Å². The summed E-state index contributed by atoms with van der Waals surface area (Å²) in [6, 6.07) is 0. The first-order valence-electron chi connectivity index (χ1n) is 3.24. The quantitative estimate of drug-likeness (QED) is 0.645. The van der Waals surface area contributed by atoms with Gasteiger partial charge in [0, 0.05) is 0 Å². The van der Waals surface area contributed by atoms with Crippen LogP contribution in [0.2, 0.25) is 0 Å². The Kier molecular flexibility index (Phi) is 2.81. The van der Waals surface area contributed by atoms with Crippen LogP contribution in [0.5, 0.6) is 0 Å². The van der Waals surface area contributed by atoms with E-state index in [-0.39, 0.29) is 0 Å². The van der Waals surface area contributed by atoms with Gasteiger partial charge in [0.05, 0.1) is 18.6 Å². The molecule has 0 saturated carbocycles. The second-order valence-electron chi connectivity index (χ2n) is 2.74. The molecule has 0 aromatic carbocycles. The molecule has 0 N–H and O–H groups in total. The van der Waals surface area contributed by atoms with E-state index in [1.54, 1.807) is 0 Å². The molecule has 0 atom stereocenters. The van der Waals surface area contributed by atoms with Crippen LogP contribution in [0.1, 0.15) is 0 Å². The molecule has 0 aliphatic carbocycles. The predicted molar refractivity (Wildman–Crippen MR) is 35.0 cm³/mol. The van der Waals surface area contributed by atoms with Crippen molar-refractivity contribution in [3.8, 4) is 0 Å². The SMILES string of the molecule is O=P1(F)OCC(CF)(CF)CO1. The maximum atomic E-state index is 12.4. The fraction of sp³-hybridized carbons (Fsp3) is 1.00. The maximum absolute atomic E-state index is 12.4. The predicted octanol–water partition coefficient (Wildman–Crippen LogP) is 2.04. The molecule has 12 heavy (non-hydrogen) atoms. The zero-order chi connectivity index (χ0) is 9.24. The van der Waals surface area contributed by atoms with Gasteiger partial charge in [-0.25, -0.2) is 4.57 Å². The Morgan fingerprint density at radius 3 is 2.00 bits per heavy atom. The lowest BCUT2D eigenvalue weighted by molar-refractivity contribution is -0.0244. The summed E-state index contributed by atoms with van der Waals surface area (Å²) in [4.78, 5) is 0. The lowest BCUT2D eigenvalue weighted by Gasteiger charge is -2.31. The summed E-state index contributed by atoms with van der Waals surface area (Å²) in [7, 11) is -4.53. The third kappa shape index (κ3) is 2.00. The standard InChI is InChI=1S/C5H8F3O3P/c6-1-5(2-7)3-10-12(8,9)11-4-5/h1-4H2. The highest BCUT2D eigenvalue weighted by molar-refractivity contribution is 7.48. The molecular formula is C5H8F3O3P. The smallest absolute Gasteiger partial charge is 0.283 e. The summed E-state index contributed by atoms with van der Waals surface area (Å²) in [6.07, 6.45) is 0. The van der Waals surface area contributed by atoms with Gasteiger partial charge in [-0.15, -0.1) is 4.20 Å². The summed E-state index contributed by atoms with van der Waals surface area (Å²) < 4.78 is 55.2. The molecule has 7 heteroatoms. The molecule has 1 fully saturated rings. The van der Waals surface area contributed by atoms with Gasteiger partial charge in [0.1, 0.15) is 13.3 Å². The second-order valence-corrected chi connectivity index (χ2v) is 4.12. The van der Waals surface area contributed by atoms with Gasteiger partial charge in [-0.1, -0.05) is 0 Å². The van der Waals surface area contributed by atoms with E-state index in [1.165, 1.54) is 0 Å². The molecule has 1 saturated heterocycles. The van der Waals surface area contributed by atoms with E-state index in [9.17, 15) is 17.5 Å². The highest BCUT2D eigenvalue weighted by Crippen LogP contribution is 2.55. The molecule has 1 heterocycles. The van der Waals surface area contributed by atoms with Gasteiger partial charge >= 0.3 is 7.91 Å². The number of hydrogen-bond donors (Lipinski definition) is 0. The number of alkyl halides is 2. The average molecular weight is 204 g/mol. The average Bonchev–Trinajstić information content (AvgIpc) is 2.06. The van der Waals surface area contributed by atoms with Crippen LogP contribution >= 0.6 is 7.91 Å². The number of hydrogen-bond acceptors (Lipinski definition) is 3. The van der Waals surface area contributed by atoms with E-state index in [0.29, 0.717) is 0 Å². The van der Waals surface area contributed by atoms with Gasteiger partial charge in [-0.3, -0.25) is 17.8 Å². The summed E-state index contributed by atoms with van der Waals surface area (Å²) in [6.45, 7) is -3.14. The van der Waals surface area contributed by atoms with Crippen molar-refractivity contribution in [2.75, 3.05) is 26.6 Å². The Balaban J connectivity index is 2.59. The Morgan fingerprint density at radius 2 is 1.67 bits per heavy atom. The Labute approximate surface area is 67.5 Å². The van der Waals surface area contributed by atoms with Crippen molar-refractivity contribution in [2.45, 2.75) is 0 Å². The first-order valence-corrected chi connectivity index (χ1v) is 4.68. The number of halogens is 3. The fourth-order valence-corrected chi connectivity index (χ4v) is 1.63. The Bertz CT molecular complexity index is 192. The highest BCUT2D eigenvalue weighted by atomic mass is 31.2. The van der Waals surface area contributed by atoms with Crippen LogP contribution in [0.15, 0.2) is 0 Å². The zero-order valence-corrected chi connectivity index (χ0v) is 7.03. The molecule has 0 spiro atoms. The van der Waals surface area contributed by atoms with E-state index in [4.69, 9.17) is 0 Å². The van der Waals surface area contributed by atoms with Crippen LogP contribution in [-0.2, 0) is 13.6 Å². The first kappa shape index (κ1) is 10.0. The molecule has 72 valence electrons. The third-order valence-electron chi connectivity index (χ3n) is 1.62. The van der Waals surface area contributed by atoms with Crippen molar-refractivity contribution < 1.29 is 26.6 Å². The van der Waals surface area contributed by atoms with E-state index < -0.39 is 39.9 Å². The minimum atomic E-state index is -4.53.